The molecule has 1 amide bonds. The summed E-state index contributed by atoms with van der Waals surface area (Å²) in [5, 5.41) is 1.17. The number of hydrogen-bond acceptors (Lipinski definition) is 3. The highest BCUT2D eigenvalue weighted by molar-refractivity contribution is 5.88. The molecule has 0 radical (unpaired) electrons. The zero-order valence-electron chi connectivity index (χ0n) is 16.1. The van der Waals surface area contributed by atoms with Gasteiger partial charge in [-0.1, -0.05) is 24.3 Å². The number of pyridine rings is 1. The Morgan fingerprint density at radius 1 is 1.11 bits per heavy atom. The van der Waals surface area contributed by atoms with Crippen LogP contribution in [0.5, 0.6) is 5.75 Å². The summed E-state index contributed by atoms with van der Waals surface area (Å²) >= 11 is 0. The minimum atomic E-state index is -0.100. The van der Waals surface area contributed by atoms with Crippen molar-refractivity contribution in [1.29, 1.82) is 0 Å². The van der Waals surface area contributed by atoms with Crippen LogP contribution in [0, 0.1) is 6.92 Å². The van der Waals surface area contributed by atoms with Gasteiger partial charge in [0.05, 0.1) is 5.52 Å². The summed E-state index contributed by atoms with van der Waals surface area (Å²) in [6.07, 6.45) is 6.69. The van der Waals surface area contributed by atoms with E-state index in [2.05, 4.69) is 48.3 Å². The molecule has 0 unspecified atom stereocenters. The molecule has 5 rings (SSSR count). The highest BCUT2D eigenvalue weighted by atomic mass is 16.5. The van der Waals surface area contributed by atoms with Crippen molar-refractivity contribution < 1.29 is 9.53 Å². The molecule has 3 heterocycles. The smallest absolute Gasteiger partial charge is 0.209 e. The van der Waals surface area contributed by atoms with E-state index in [4.69, 9.17) is 4.74 Å². The maximum atomic E-state index is 11.0. The highest BCUT2D eigenvalue weighted by Crippen LogP contribution is 2.41. The Balaban J connectivity index is 1.45. The quantitative estimate of drug-likeness (QED) is 0.621. The predicted octanol–water partition coefficient (Wildman–Crippen LogP) is 4.53. The summed E-state index contributed by atoms with van der Waals surface area (Å²) in [5.41, 5.74) is 5.91. The topological polar surface area (TPSA) is 42.4 Å². The van der Waals surface area contributed by atoms with E-state index in [1.807, 2.05) is 17.2 Å². The fourth-order valence-electron chi connectivity index (χ4n) is 4.68. The Hall–Kier alpha value is -2.88. The van der Waals surface area contributed by atoms with Gasteiger partial charge in [0.2, 0.25) is 6.41 Å². The number of benzene rings is 2. The van der Waals surface area contributed by atoms with Crippen LogP contribution >= 0.6 is 0 Å². The van der Waals surface area contributed by atoms with Crippen LogP contribution in [0.3, 0.4) is 0 Å². The van der Waals surface area contributed by atoms with Crippen LogP contribution < -0.4 is 4.74 Å². The number of likely N-dealkylation sites (tertiary alicyclic amines) is 1. The first kappa shape index (κ1) is 17.2. The maximum Gasteiger partial charge on any atom is 0.209 e. The van der Waals surface area contributed by atoms with E-state index in [0.29, 0.717) is 0 Å². The van der Waals surface area contributed by atoms with Crippen molar-refractivity contribution in [1.82, 2.24) is 9.88 Å². The maximum absolute atomic E-state index is 11.0. The summed E-state index contributed by atoms with van der Waals surface area (Å²) < 4.78 is 6.49. The Morgan fingerprint density at radius 2 is 1.96 bits per heavy atom. The van der Waals surface area contributed by atoms with Crippen molar-refractivity contribution in [3.8, 4) is 16.9 Å². The molecule has 2 aromatic carbocycles. The zero-order valence-corrected chi connectivity index (χ0v) is 16.1. The van der Waals surface area contributed by atoms with Crippen molar-refractivity contribution in [3.63, 3.8) is 0 Å². The van der Waals surface area contributed by atoms with Crippen molar-refractivity contribution in [3.05, 3.63) is 59.8 Å². The molecule has 3 aromatic rings. The fraction of sp³-hybridized carbons (Fsp3) is 0.333. The lowest BCUT2D eigenvalue weighted by atomic mass is 9.82. The van der Waals surface area contributed by atoms with Crippen LogP contribution in [0.2, 0.25) is 0 Å². The van der Waals surface area contributed by atoms with Gasteiger partial charge in [-0.3, -0.25) is 9.78 Å². The van der Waals surface area contributed by atoms with E-state index in [0.717, 1.165) is 56.4 Å². The first-order chi connectivity index (χ1) is 13.7. The molecule has 0 atom stereocenters. The summed E-state index contributed by atoms with van der Waals surface area (Å²) in [4.78, 5) is 17.4. The molecule has 0 N–H and O–H groups in total. The van der Waals surface area contributed by atoms with Crippen LogP contribution in [0.25, 0.3) is 22.0 Å². The summed E-state index contributed by atoms with van der Waals surface area (Å²) in [5.74, 6) is 1.01. The van der Waals surface area contributed by atoms with E-state index in [1.54, 1.807) is 0 Å². The Labute approximate surface area is 165 Å². The lowest BCUT2D eigenvalue weighted by Crippen LogP contribution is -2.49. The minimum absolute atomic E-state index is 0.100. The van der Waals surface area contributed by atoms with Crippen LogP contribution in [-0.4, -0.2) is 35.0 Å². The third-order valence-electron chi connectivity index (χ3n) is 6.43. The van der Waals surface area contributed by atoms with E-state index < -0.39 is 0 Å². The molecule has 2 aliphatic heterocycles. The van der Waals surface area contributed by atoms with Crippen LogP contribution in [-0.2, 0) is 11.2 Å². The van der Waals surface area contributed by atoms with Gasteiger partial charge in [-0.15, -0.1) is 0 Å². The lowest BCUT2D eigenvalue weighted by molar-refractivity contribution is -0.121. The van der Waals surface area contributed by atoms with Gasteiger partial charge in [0.25, 0.3) is 0 Å². The number of aryl methyl sites for hydroxylation is 2. The molecule has 4 nitrogen and oxygen atoms in total. The van der Waals surface area contributed by atoms with Gasteiger partial charge >= 0.3 is 0 Å². The molecule has 1 saturated heterocycles. The van der Waals surface area contributed by atoms with Gasteiger partial charge in [0.15, 0.2) is 0 Å². The first-order valence-corrected chi connectivity index (χ1v) is 10.0. The Bertz CT molecular complexity index is 1050. The number of amides is 1. The SMILES string of the molecule is Cc1c(-c2ccc3c(c2)CCC2(CCN(C=O)CC2)O3)ccc2cccnc12. The minimum Gasteiger partial charge on any atom is -0.487 e. The number of rotatable bonds is 2. The summed E-state index contributed by atoms with van der Waals surface area (Å²) in [6.45, 7) is 3.73. The molecule has 142 valence electrons. The molecule has 2 aliphatic rings. The third-order valence-corrected chi connectivity index (χ3v) is 6.43. The van der Waals surface area contributed by atoms with E-state index in [-0.39, 0.29) is 5.60 Å². The molecule has 28 heavy (non-hydrogen) atoms. The first-order valence-electron chi connectivity index (χ1n) is 10.0. The summed E-state index contributed by atoms with van der Waals surface area (Å²) in [7, 11) is 0. The fourth-order valence-corrected chi connectivity index (χ4v) is 4.68. The monoisotopic (exact) mass is 372 g/mol. The zero-order chi connectivity index (χ0) is 19.1. The number of aromatic nitrogens is 1. The van der Waals surface area contributed by atoms with Crippen molar-refractivity contribution in [2.75, 3.05) is 13.1 Å². The van der Waals surface area contributed by atoms with Crippen molar-refractivity contribution >= 4 is 17.3 Å². The van der Waals surface area contributed by atoms with E-state index in [1.165, 1.54) is 27.6 Å². The van der Waals surface area contributed by atoms with Gasteiger partial charge in [-0.2, -0.15) is 0 Å². The van der Waals surface area contributed by atoms with Crippen molar-refractivity contribution in [2.45, 2.75) is 38.2 Å². The molecular weight excluding hydrogens is 348 g/mol. The molecule has 4 heteroatoms. The number of hydrogen-bond donors (Lipinski definition) is 0. The molecule has 1 spiro atoms. The highest BCUT2D eigenvalue weighted by Gasteiger charge is 2.39. The number of fused-ring (bicyclic) bond motifs is 2. The number of carbonyl (C=O) groups is 1. The average molecular weight is 372 g/mol. The molecular formula is C24H24N2O2. The second-order valence-electron chi connectivity index (χ2n) is 8.06. The average Bonchev–Trinajstić information content (AvgIpc) is 2.75. The number of ether oxygens (including phenoxy) is 1. The predicted molar refractivity (Wildman–Crippen MR) is 110 cm³/mol. The van der Waals surface area contributed by atoms with Gasteiger partial charge < -0.3 is 9.64 Å². The number of piperidine rings is 1. The molecule has 0 saturated carbocycles. The molecule has 0 aliphatic carbocycles. The molecule has 0 bridgehead atoms. The van der Waals surface area contributed by atoms with Crippen molar-refractivity contribution in [2.24, 2.45) is 0 Å². The van der Waals surface area contributed by atoms with Gasteiger partial charge in [-0.25, -0.2) is 0 Å². The largest absolute Gasteiger partial charge is 0.487 e. The normalized spacial score (nSPS) is 18.0. The standard InChI is InChI=1S/C24H24N2O2/c1-17-21(6-4-18-3-2-12-25-23(17)18)19-5-7-22-20(15-19)8-9-24(28-22)10-13-26(16-27)14-11-24/h2-7,12,15-16H,8-11,13-14H2,1H3. The Kier molecular flexibility index (Phi) is 4.08. The number of carbonyl (C=O) groups excluding carboxylic acids is 1. The Morgan fingerprint density at radius 3 is 2.79 bits per heavy atom. The van der Waals surface area contributed by atoms with Crippen LogP contribution in [0.4, 0.5) is 0 Å². The lowest BCUT2D eigenvalue weighted by Gasteiger charge is -2.43. The third kappa shape index (κ3) is 2.84. The molecule has 1 fully saturated rings. The van der Waals surface area contributed by atoms with Gasteiger partial charge in [0, 0.05) is 37.5 Å². The van der Waals surface area contributed by atoms with Gasteiger partial charge in [0.1, 0.15) is 11.4 Å². The second-order valence-corrected chi connectivity index (χ2v) is 8.06. The van der Waals surface area contributed by atoms with E-state index >= 15 is 0 Å². The van der Waals surface area contributed by atoms with Gasteiger partial charge in [-0.05, 0) is 60.2 Å². The van der Waals surface area contributed by atoms with Crippen LogP contribution in [0.15, 0.2) is 48.7 Å². The number of nitrogens with zero attached hydrogens (tertiary/aromatic N) is 2. The van der Waals surface area contributed by atoms with E-state index in [9.17, 15) is 4.79 Å². The summed E-state index contributed by atoms with van der Waals surface area (Å²) in [6, 6.07) is 15.0. The second kappa shape index (κ2) is 6.62. The molecule has 1 aromatic heterocycles. The van der Waals surface area contributed by atoms with Crippen LogP contribution in [0.1, 0.15) is 30.4 Å².